The molecule has 0 aliphatic carbocycles. The van der Waals surface area contributed by atoms with E-state index in [4.69, 9.17) is 22.1 Å². The number of sulfone groups is 1. The predicted octanol–water partition coefficient (Wildman–Crippen LogP) is 2.82. The fourth-order valence-electron chi connectivity index (χ4n) is 2.09. The van der Waals surface area contributed by atoms with Crippen LogP contribution in [0.15, 0.2) is 53.4 Å². The lowest BCUT2D eigenvalue weighted by Gasteiger charge is -2.16. The highest BCUT2D eigenvalue weighted by Gasteiger charge is 2.23. The van der Waals surface area contributed by atoms with Crippen molar-refractivity contribution in [1.29, 1.82) is 0 Å². The van der Waals surface area contributed by atoms with E-state index < -0.39 is 15.9 Å². The fourth-order valence-corrected chi connectivity index (χ4v) is 4.06. The molecule has 0 spiro atoms. The van der Waals surface area contributed by atoms with Gasteiger partial charge in [-0.05, 0) is 18.2 Å². The Morgan fingerprint density at radius 2 is 1.76 bits per heavy atom. The maximum atomic E-state index is 12.4. The molecule has 0 aromatic heterocycles. The van der Waals surface area contributed by atoms with Gasteiger partial charge in [0.05, 0.1) is 22.8 Å². The first kappa shape index (κ1) is 15.8. The molecular formula is C15H16ClNO3S. The van der Waals surface area contributed by atoms with E-state index in [1.165, 1.54) is 13.2 Å². The van der Waals surface area contributed by atoms with Crippen molar-refractivity contribution >= 4 is 21.4 Å². The Kier molecular flexibility index (Phi) is 4.88. The van der Waals surface area contributed by atoms with E-state index >= 15 is 0 Å². The number of halogens is 1. The van der Waals surface area contributed by atoms with Gasteiger partial charge in [-0.15, -0.1) is 0 Å². The molecule has 0 saturated carbocycles. The van der Waals surface area contributed by atoms with E-state index in [1.807, 2.05) is 0 Å². The lowest BCUT2D eigenvalue weighted by Crippen LogP contribution is -2.22. The minimum absolute atomic E-state index is 0.0945. The molecule has 0 aliphatic heterocycles. The van der Waals surface area contributed by atoms with Crippen molar-refractivity contribution in [3.63, 3.8) is 0 Å². The summed E-state index contributed by atoms with van der Waals surface area (Å²) >= 11 is 5.95. The molecule has 2 aromatic rings. The topological polar surface area (TPSA) is 69.4 Å². The van der Waals surface area contributed by atoms with Gasteiger partial charge in [0, 0.05) is 11.6 Å². The van der Waals surface area contributed by atoms with Crippen LogP contribution in [0, 0.1) is 0 Å². The molecule has 0 bridgehead atoms. The number of para-hydroxylation sites is 1. The zero-order valence-corrected chi connectivity index (χ0v) is 13.1. The van der Waals surface area contributed by atoms with Crippen LogP contribution in [-0.4, -0.2) is 21.3 Å². The predicted molar refractivity (Wildman–Crippen MR) is 83.4 cm³/mol. The second kappa shape index (κ2) is 6.47. The third kappa shape index (κ3) is 3.56. The van der Waals surface area contributed by atoms with Gasteiger partial charge in [-0.3, -0.25) is 0 Å². The van der Waals surface area contributed by atoms with Crippen molar-refractivity contribution in [2.75, 3.05) is 12.9 Å². The average Bonchev–Trinajstić information content (AvgIpc) is 2.47. The first-order valence-corrected chi connectivity index (χ1v) is 8.34. The first-order chi connectivity index (χ1) is 9.95. The second-order valence-electron chi connectivity index (χ2n) is 4.56. The zero-order chi connectivity index (χ0) is 15.5. The van der Waals surface area contributed by atoms with Crippen molar-refractivity contribution in [2.24, 2.45) is 5.73 Å². The number of nitrogens with two attached hydrogens (primary N) is 1. The standard InChI is InChI=1S/C15H16ClNO3S/c1-20-14-8-4-2-6-11(14)13(17)10-21(18,19)15-9-5-3-7-12(15)16/h2-9,13H,10,17H2,1H3. The van der Waals surface area contributed by atoms with Gasteiger partial charge in [0.15, 0.2) is 9.84 Å². The van der Waals surface area contributed by atoms with Crippen LogP contribution in [0.4, 0.5) is 0 Å². The van der Waals surface area contributed by atoms with Gasteiger partial charge in [0.1, 0.15) is 5.75 Å². The monoisotopic (exact) mass is 325 g/mol. The SMILES string of the molecule is COc1ccccc1C(N)CS(=O)(=O)c1ccccc1Cl. The summed E-state index contributed by atoms with van der Waals surface area (Å²) in [6.07, 6.45) is 0. The third-order valence-electron chi connectivity index (χ3n) is 3.11. The summed E-state index contributed by atoms with van der Waals surface area (Å²) in [4.78, 5) is 0.0945. The van der Waals surface area contributed by atoms with Crippen LogP contribution in [0.1, 0.15) is 11.6 Å². The van der Waals surface area contributed by atoms with Gasteiger partial charge in [-0.25, -0.2) is 8.42 Å². The number of benzene rings is 2. The molecule has 21 heavy (non-hydrogen) atoms. The maximum absolute atomic E-state index is 12.4. The largest absolute Gasteiger partial charge is 0.496 e. The highest BCUT2D eigenvalue weighted by atomic mass is 35.5. The molecule has 0 aliphatic rings. The average molecular weight is 326 g/mol. The molecule has 112 valence electrons. The molecule has 4 nitrogen and oxygen atoms in total. The summed E-state index contributed by atoms with van der Waals surface area (Å²) < 4.78 is 30.1. The Morgan fingerprint density at radius 1 is 1.14 bits per heavy atom. The Hall–Kier alpha value is -1.56. The highest BCUT2D eigenvalue weighted by Crippen LogP contribution is 2.28. The second-order valence-corrected chi connectivity index (χ2v) is 6.97. The van der Waals surface area contributed by atoms with E-state index in [2.05, 4.69) is 0 Å². The number of hydrogen-bond donors (Lipinski definition) is 1. The normalized spacial score (nSPS) is 12.9. The molecule has 1 atom stereocenters. The van der Waals surface area contributed by atoms with Crippen LogP contribution >= 0.6 is 11.6 Å². The molecule has 2 aromatic carbocycles. The molecule has 0 heterocycles. The highest BCUT2D eigenvalue weighted by molar-refractivity contribution is 7.91. The molecule has 1 unspecified atom stereocenters. The van der Waals surface area contributed by atoms with Crippen LogP contribution in [0.2, 0.25) is 5.02 Å². The maximum Gasteiger partial charge on any atom is 0.181 e. The Labute approximate surface area is 129 Å². The fraction of sp³-hybridized carbons (Fsp3) is 0.200. The molecule has 0 fully saturated rings. The zero-order valence-electron chi connectivity index (χ0n) is 11.5. The number of hydrogen-bond acceptors (Lipinski definition) is 4. The van der Waals surface area contributed by atoms with Crippen LogP contribution in [0.5, 0.6) is 5.75 Å². The summed E-state index contributed by atoms with van der Waals surface area (Å²) in [7, 11) is -2.05. The first-order valence-electron chi connectivity index (χ1n) is 6.31. The Balaban J connectivity index is 2.31. The molecule has 2 N–H and O–H groups in total. The summed E-state index contributed by atoms with van der Waals surface area (Å²) in [5, 5.41) is 0.199. The van der Waals surface area contributed by atoms with Crippen LogP contribution in [-0.2, 0) is 9.84 Å². The summed E-state index contributed by atoms with van der Waals surface area (Å²) in [6.45, 7) is 0. The van der Waals surface area contributed by atoms with E-state index in [0.29, 0.717) is 11.3 Å². The quantitative estimate of drug-likeness (QED) is 0.917. The molecule has 6 heteroatoms. The molecular weight excluding hydrogens is 310 g/mol. The number of rotatable bonds is 5. The van der Waals surface area contributed by atoms with Gasteiger partial charge in [0.25, 0.3) is 0 Å². The van der Waals surface area contributed by atoms with E-state index in [9.17, 15) is 8.42 Å². The van der Waals surface area contributed by atoms with Crippen LogP contribution in [0.25, 0.3) is 0 Å². The Bertz CT molecular complexity index is 731. The lowest BCUT2D eigenvalue weighted by atomic mass is 10.1. The molecule has 0 amide bonds. The summed E-state index contributed by atoms with van der Waals surface area (Å²) in [5.41, 5.74) is 6.69. The summed E-state index contributed by atoms with van der Waals surface area (Å²) in [6, 6.07) is 12.7. The van der Waals surface area contributed by atoms with Crippen molar-refractivity contribution in [3.8, 4) is 5.75 Å². The van der Waals surface area contributed by atoms with Gasteiger partial charge in [0.2, 0.25) is 0 Å². The molecule has 0 radical (unpaired) electrons. The van der Waals surface area contributed by atoms with Gasteiger partial charge in [-0.1, -0.05) is 41.9 Å². The number of methoxy groups -OCH3 is 1. The minimum Gasteiger partial charge on any atom is -0.496 e. The summed E-state index contributed by atoms with van der Waals surface area (Å²) in [5.74, 6) is 0.330. The van der Waals surface area contributed by atoms with E-state index in [0.717, 1.165) is 0 Å². The van der Waals surface area contributed by atoms with Crippen molar-refractivity contribution in [1.82, 2.24) is 0 Å². The third-order valence-corrected chi connectivity index (χ3v) is 5.37. The lowest BCUT2D eigenvalue weighted by molar-refractivity contribution is 0.407. The number of ether oxygens (including phenoxy) is 1. The minimum atomic E-state index is -3.58. The van der Waals surface area contributed by atoms with E-state index in [-0.39, 0.29) is 15.7 Å². The van der Waals surface area contributed by atoms with E-state index in [1.54, 1.807) is 42.5 Å². The van der Waals surface area contributed by atoms with Crippen molar-refractivity contribution in [2.45, 2.75) is 10.9 Å². The van der Waals surface area contributed by atoms with Gasteiger partial charge < -0.3 is 10.5 Å². The van der Waals surface area contributed by atoms with Crippen molar-refractivity contribution in [3.05, 3.63) is 59.1 Å². The van der Waals surface area contributed by atoms with Crippen LogP contribution in [0.3, 0.4) is 0 Å². The molecule has 0 saturated heterocycles. The smallest absolute Gasteiger partial charge is 0.181 e. The van der Waals surface area contributed by atoms with Crippen LogP contribution < -0.4 is 10.5 Å². The van der Waals surface area contributed by atoms with Crippen molar-refractivity contribution < 1.29 is 13.2 Å². The van der Waals surface area contributed by atoms with Gasteiger partial charge in [-0.2, -0.15) is 0 Å². The molecule has 2 rings (SSSR count). The van der Waals surface area contributed by atoms with Gasteiger partial charge >= 0.3 is 0 Å². The Morgan fingerprint density at radius 3 is 2.43 bits per heavy atom.